The van der Waals surface area contributed by atoms with Gasteiger partial charge in [-0.15, -0.1) is 0 Å². The van der Waals surface area contributed by atoms with Crippen LogP contribution in [0.15, 0.2) is 55.0 Å². The van der Waals surface area contributed by atoms with Gasteiger partial charge >= 0.3 is 0 Å². The van der Waals surface area contributed by atoms with Crippen LogP contribution in [-0.4, -0.2) is 33.9 Å². The van der Waals surface area contributed by atoms with Crippen LogP contribution in [-0.2, 0) is 16.6 Å². The molecular formula is C28H32ClN3O. The van der Waals surface area contributed by atoms with Crippen LogP contribution in [0.25, 0.3) is 22.3 Å². The second-order valence-corrected chi connectivity index (χ2v) is 10.6. The molecule has 3 heterocycles. The lowest BCUT2D eigenvalue weighted by Gasteiger charge is -2.30. The van der Waals surface area contributed by atoms with Gasteiger partial charge in [0.1, 0.15) is 0 Å². The first kappa shape index (κ1) is 23.4. The van der Waals surface area contributed by atoms with Crippen molar-refractivity contribution in [3.63, 3.8) is 0 Å². The second kappa shape index (κ2) is 9.64. The number of likely N-dealkylation sites (tertiary alicyclic amines) is 1. The first-order chi connectivity index (χ1) is 15.7. The highest BCUT2D eigenvalue weighted by Gasteiger charge is 2.21. The highest BCUT2D eigenvalue weighted by Crippen LogP contribution is 2.32. The molecule has 4 rings (SSSR count). The molecule has 0 aliphatic carbocycles. The van der Waals surface area contributed by atoms with Gasteiger partial charge in [0.25, 0.3) is 0 Å². The third-order valence-corrected chi connectivity index (χ3v) is 6.75. The van der Waals surface area contributed by atoms with E-state index in [1.54, 1.807) is 0 Å². The lowest BCUT2D eigenvalue weighted by molar-refractivity contribution is -0.131. The summed E-state index contributed by atoms with van der Waals surface area (Å²) in [5.74, 6) is 0.890. The van der Waals surface area contributed by atoms with E-state index in [9.17, 15) is 4.79 Å². The summed E-state index contributed by atoms with van der Waals surface area (Å²) in [6.07, 6.45) is 8.11. The predicted molar refractivity (Wildman–Crippen MR) is 135 cm³/mol. The van der Waals surface area contributed by atoms with E-state index in [1.165, 1.54) is 0 Å². The molecule has 1 aliphatic rings. The summed E-state index contributed by atoms with van der Waals surface area (Å²) in [4.78, 5) is 23.7. The first-order valence-electron chi connectivity index (χ1n) is 11.7. The number of pyridine rings is 2. The van der Waals surface area contributed by atoms with Crippen molar-refractivity contribution in [3.05, 3.63) is 71.3 Å². The molecular weight excluding hydrogens is 430 g/mol. The van der Waals surface area contributed by atoms with Crippen molar-refractivity contribution in [2.75, 3.05) is 13.1 Å². The molecule has 1 amide bonds. The number of benzene rings is 1. The zero-order valence-corrected chi connectivity index (χ0v) is 20.7. The lowest BCUT2D eigenvalue weighted by Crippen LogP contribution is -2.38. The van der Waals surface area contributed by atoms with Gasteiger partial charge in [-0.25, -0.2) is 0 Å². The van der Waals surface area contributed by atoms with Crippen LogP contribution in [0.5, 0.6) is 0 Å². The van der Waals surface area contributed by atoms with Crippen LogP contribution < -0.4 is 0 Å². The van der Waals surface area contributed by atoms with Gasteiger partial charge in [-0.2, -0.15) is 0 Å². The number of hydrogen-bond acceptors (Lipinski definition) is 3. The SMILES string of the molecule is CC1CCN(C(=O)Cc2ccc(-c3cncc(-c4ccnc(C(C)(C)C)c4)c3)c(Cl)c2)CC1. The maximum Gasteiger partial charge on any atom is 0.226 e. The summed E-state index contributed by atoms with van der Waals surface area (Å²) in [7, 11) is 0. The van der Waals surface area contributed by atoms with Crippen molar-refractivity contribution in [1.29, 1.82) is 0 Å². The van der Waals surface area contributed by atoms with Crippen LogP contribution >= 0.6 is 11.6 Å². The Hall–Kier alpha value is -2.72. The Morgan fingerprint density at radius 3 is 2.45 bits per heavy atom. The number of nitrogens with zero attached hydrogens (tertiary/aromatic N) is 3. The van der Waals surface area contributed by atoms with Gasteiger partial charge in [0.05, 0.1) is 6.42 Å². The number of carbonyl (C=O) groups is 1. The number of carbonyl (C=O) groups excluding carboxylic acids is 1. The van der Waals surface area contributed by atoms with E-state index in [4.69, 9.17) is 11.6 Å². The lowest BCUT2D eigenvalue weighted by atomic mass is 9.90. The van der Waals surface area contributed by atoms with Crippen molar-refractivity contribution in [3.8, 4) is 22.3 Å². The Bertz CT molecular complexity index is 1140. The quantitative estimate of drug-likeness (QED) is 0.441. The van der Waals surface area contributed by atoms with Crippen molar-refractivity contribution in [2.45, 2.75) is 52.4 Å². The largest absolute Gasteiger partial charge is 0.342 e. The molecule has 1 saturated heterocycles. The van der Waals surface area contributed by atoms with Gasteiger partial charge in [0, 0.05) is 64.5 Å². The van der Waals surface area contributed by atoms with E-state index in [0.29, 0.717) is 17.4 Å². The van der Waals surface area contributed by atoms with Crippen molar-refractivity contribution >= 4 is 17.5 Å². The number of rotatable bonds is 4. The van der Waals surface area contributed by atoms with Crippen molar-refractivity contribution in [2.24, 2.45) is 5.92 Å². The number of halogens is 1. The molecule has 0 saturated carbocycles. The van der Waals surface area contributed by atoms with E-state index in [2.05, 4.69) is 49.8 Å². The Labute approximate surface area is 202 Å². The molecule has 1 aliphatic heterocycles. The Balaban J connectivity index is 1.54. The molecule has 1 aromatic carbocycles. The Kier molecular flexibility index (Phi) is 6.85. The molecule has 0 radical (unpaired) electrons. The van der Waals surface area contributed by atoms with Gasteiger partial charge in [-0.05, 0) is 54.2 Å². The molecule has 0 atom stereocenters. The fraction of sp³-hybridized carbons (Fsp3) is 0.393. The van der Waals surface area contributed by atoms with E-state index >= 15 is 0 Å². The number of piperidine rings is 1. The van der Waals surface area contributed by atoms with Gasteiger partial charge in [-0.3, -0.25) is 14.8 Å². The Morgan fingerprint density at radius 1 is 1.03 bits per heavy atom. The zero-order valence-electron chi connectivity index (χ0n) is 19.9. The predicted octanol–water partition coefficient (Wildman–Crippen LogP) is 6.56. The van der Waals surface area contributed by atoms with Gasteiger partial charge < -0.3 is 4.90 Å². The fourth-order valence-corrected chi connectivity index (χ4v) is 4.52. The molecule has 172 valence electrons. The third-order valence-electron chi connectivity index (χ3n) is 6.44. The third kappa shape index (κ3) is 5.62. The summed E-state index contributed by atoms with van der Waals surface area (Å²) in [5, 5.41) is 0.636. The molecule has 0 N–H and O–H groups in total. The molecule has 4 nitrogen and oxygen atoms in total. The molecule has 0 spiro atoms. The zero-order chi connectivity index (χ0) is 23.6. The van der Waals surface area contributed by atoms with Crippen LogP contribution in [0.1, 0.15) is 51.8 Å². The van der Waals surface area contributed by atoms with Crippen LogP contribution in [0.2, 0.25) is 5.02 Å². The van der Waals surface area contributed by atoms with Crippen LogP contribution in [0.4, 0.5) is 0 Å². The molecule has 1 fully saturated rings. The second-order valence-electron chi connectivity index (χ2n) is 10.2. The average Bonchev–Trinajstić information content (AvgIpc) is 2.79. The number of hydrogen-bond donors (Lipinski definition) is 0. The summed E-state index contributed by atoms with van der Waals surface area (Å²) in [6, 6.07) is 12.2. The van der Waals surface area contributed by atoms with Crippen molar-refractivity contribution in [1.82, 2.24) is 14.9 Å². The average molecular weight is 462 g/mol. The highest BCUT2D eigenvalue weighted by molar-refractivity contribution is 6.33. The van der Waals surface area contributed by atoms with E-state index < -0.39 is 0 Å². The summed E-state index contributed by atoms with van der Waals surface area (Å²) in [5.41, 5.74) is 5.94. The minimum atomic E-state index is -0.0237. The van der Waals surface area contributed by atoms with Gasteiger partial charge in [-0.1, -0.05) is 51.4 Å². The van der Waals surface area contributed by atoms with Crippen molar-refractivity contribution < 1.29 is 4.79 Å². The molecule has 5 heteroatoms. The topological polar surface area (TPSA) is 46.1 Å². The maximum atomic E-state index is 12.7. The standard InChI is InChI=1S/C28H32ClN3O/c1-19-8-11-32(12-9-19)27(33)14-20-5-6-24(25(29)13-20)23-15-22(17-30-18-23)21-7-10-31-26(16-21)28(2,3)4/h5-7,10,13,15-19H,8-9,11-12,14H2,1-4H3. The molecule has 33 heavy (non-hydrogen) atoms. The van der Waals surface area contributed by atoms with Crippen LogP contribution in [0, 0.1) is 5.92 Å². The first-order valence-corrected chi connectivity index (χ1v) is 12.1. The smallest absolute Gasteiger partial charge is 0.226 e. The fourth-order valence-electron chi connectivity index (χ4n) is 4.21. The minimum Gasteiger partial charge on any atom is -0.342 e. The highest BCUT2D eigenvalue weighted by atomic mass is 35.5. The van der Waals surface area contributed by atoms with E-state index in [1.807, 2.05) is 47.8 Å². The summed E-state index contributed by atoms with van der Waals surface area (Å²) in [6.45, 7) is 10.4. The summed E-state index contributed by atoms with van der Waals surface area (Å²) >= 11 is 6.67. The molecule has 0 unspecified atom stereocenters. The summed E-state index contributed by atoms with van der Waals surface area (Å²) < 4.78 is 0. The monoisotopic (exact) mass is 461 g/mol. The minimum absolute atomic E-state index is 0.0237. The molecule has 0 bridgehead atoms. The van der Waals surface area contributed by atoms with Crippen LogP contribution in [0.3, 0.4) is 0 Å². The number of amides is 1. The van der Waals surface area contributed by atoms with Gasteiger partial charge in [0.2, 0.25) is 5.91 Å². The molecule has 2 aromatic heterocycles. The van der Waals surface area contributed by atoms with E-state index in [-0.39, 0.29) is 11.3 Å². The normalized spacial score (nSPS) is 15.0. The Morgan fingerprint density at radius 2 is 1.76 bits per heavy atom. The maximum absolute atomic E-state index is 12.7. The molecule has 3 aromatic rings. The van der Waals surface area contributed by atoms with Gasteiger partial charge in [0.15, 0.2) is 0 Å². The number of aromatic nitrogens is 2. The van der Waals surface area contributed by atoms with E-state index in [0.717, 1.165) is 59.4 Å².